The summed E-state index contributed by atoms with van der Waals surface area (Å²) in [7, 11) is 0. The Morgan fingerprint density at radius 2 is 2.10 bits per heavy atom. The first-order valence-corrected chi connectivity index (χ1v) is 6.61. The van der Waals surface area contributed by atoms with Crippen LogP contribution < -0.4 is 10.2 Å². The van der Waals surface area contributed by atoms with E-state index >= 15 is 0 Å². The number of aryl methyl sites for hydroxylation is 1. The third kappa shape index (κ3) is 4.72. The molecule has 0 fully saturated rings. The number of carbonyl (C=O) groups is 1. The van der Waals surface area contributed by atoms with Crippen LogP contribution in [0.25, 0.3) is 0 Å². The van der Waals surface area contributed by atoms with Crippen molar-refractivity contribution in [1.29, 1.82) is 0 Å². The van der Waals surface area contributed by atoms with E-state index in [0.717, 1.165) is 11.1 Å². The molecule has 5 nitrogen and oxygen atoms in total. The number of hydrogen-bond donors (Lipinski definition) is 1. The lowest BCUT2D eigenvalue weighted by Gasteiger charge is -2.13. The van der Waals surface area contributed by atoms with Crippen molar-refractivity contribution in [3.63, 3.8) is 0 Å². The predicted octanol–water partition coefficient (Wildman–Crippen LogP) is 2.31. The number of pyridine rings is 1. The monoisotopic (exact) mass is 283 g/mol. The quantitative estimate of drug-likeness (QED) is 0.676. The van der Waals surface area contributed by atoms with Gasteiger partial charge < -0.3 is 4.74 Å². The normalized spacial score (nSPS) is 12.1. The molecule has 0 aliphatic carbocycles. The number of aromatic nitrogens is 1. The number of ether oxygens (including phenoxy) is 1. The Morgan fingerprint density at radius 3 is 2.81 bits per heavy atom. The Hall–Kier alpha value is -2.69. The van der Waals surface area contributed by atoms with Crippen molar-refractivity contribution in [2.45, 2.75) is 20.0 Å². The lowest BCUT2D eigenvalue weighted by molar-refractivity contribution is -0.127. The fourth-order valence-corrected chi connectivity index (χ4v) is 1.66. The Bertz CT molecular complexity index is 626. The summed E-state index contributed by atoms with van der Waals surface area (Å²) in [6.45, 7) is 3.65. The van der Waals surface area contributed by atoms with Crippen molar-refractivity contribution in [3.8, 4) is 5.75 Å². The summed E-state index contributed by atoms with van der Waals surface area (Å²) in [5.41, 5.74) is 4.39. The molecule has 0 spiro atoms. The number of benzene rings is 1. The number of nitrogens with zero attached hydrogens (tertiary/aromatic N) is 2. The van der Waals surface area contributed by atoms with Gasteiger partial charge in [0.15, 0.2) is 6.10 Å². The van der Waals surface area contributed by atoms with Crippen molar-refractivity contribution in [2.24, 2.45) is 5.10 Å². The van der Waals surface area contributed by atoms with Crippen LogP contribution in [0.15, 0.2) is 53.9 Å². The molecule has 108 valence electrons. The van der Waals surface area contributed by atoms with Crippen molar-refractivity contribution in [3.05, 3.63) is 59.9 Å². The summed E-state index contributed by atoms with van der Waals surface area (Å²) in [6.07, 6.45) is 4.25. The van der Waals surface area contributed by atoms with Crippen LogP contribution in [0.4, 0.5) is 0 Å². The highest BCUT2D eigenvalue weighted by atomic mass is 16.5. The minimum Gasteiger partial charge on any atom is -0.481 e. The highest BCUT2D eigenvalue weighted by Crippen LogP contribution is 2.14. The molecule has 0 radical (unpaired) electrons. The first-order chi connectivity index (χ1) is 10.1. The Labute approximate surface area is 123 Å². The number of rotatable bonds is 5. The van der Waals surface area contributed by atoms with Gasteiger partial charge in [-0.25, -0.2) is 5.43 Å². The van der Waals surface area contributed by atoms with Crippen LogP contribution in [0.1, 0.15) is 18.1 Å². The van der Waals surface area contributed by atoms with Crippen molar-refractivity contribution in [2.75, 3.05) is 0 Å². The fourth-order valence-electron chi connectivity index (χ4n) is 1.66. The fraction of sp³-hybridized carbons (Fsp3) is 0.188. The molecule has 0 bridgehead atoms. The molecule has 5 heteroatoms. The molecule has 1 aromatic carbocycles. The molecule has 0 aliphatic heterocycles. The van der Waals surface area contributed by atoms with Gasteiger partial charge in [-0.3, -0.25) is 9.78 Å². The van der Waals surface area contributed by atoms with E-state index in [0.29, 0.717) is 5.75 Å². The van der Waals surface area contributed by atoms with Gasteiger partial charge in [-0.2, -0.15) is 5.10 Å². The zero-order valence-corrected chi connectivity index (χ0v) is 12.0. The van der Waals surface area contributed by atoms with E-state index in [-0.39, 0.29) is 5.91 Å². The average molecular weight is 283 g/mol. The van der Waals surface area contributed by atoms with E-state index in [1.54, 1.807) is 37.7 Å². The van der Waals surface area contributed by atoms with E-state index in [2.05, 4.69) is 15.5 Å². The van der Waals surface area contributed by atoms with Gasteiger partial charge in [0.25, 0.3) is 5.91 Å². The molecule has 1 heterocycles. The first kappa shape index (κ1) is 14.7. The molecule has 1 N–H and O–H groups in total. The molecule has 0 saturated heterocycles. The molecule has 1 aromatic heterocycles. The maximum Gasteiger partial charge on any atom is 0.280 e. The van der Waals surface area contributed by atoms with Crippen molar-refractivity contribution < 1.29 is 9.53 Å². The molecule has 1 atom stereocenters. The van der Waals surface area contributed by atoms with Crippen LogP contribution in [0.3, 0.4) is 0 Å². The standard InChI is InChI=1S/C16H17N3O2/c1-12-4-3-5-15(10-12)21-13(2)16(20)19-18-11-14-6-8-17-9-7-14/h3-11,13H,1-2H3,(H,19,20)/b18-11+/t13-/m1/s1. The third-order valence-electron chi connectivity index (χ3n) is 2.77. The summed E-state index contributed by atoms with van der Waals surface area (Å²) in [5.74, 6) is 0.359. The summed E-state index contributed by atoms with van der Waals surface area (Å²) in [5, 5.41) is 3.89. The Balaban J connectivity index is 1.87. The van der Waals surface area contributed by atoms with E-state index in [4.69, 9.17) is 4.74 Å². The second-order valence-electron chi connectivity index (χ2n) is 4.59. The largest absolute Gasteiger partial charge is 0.481 e. The molecular weight excluding hydrogens is 266 g/mol. The molecule has 21 heavy (non-hydrogen) atoms. The molecule has 2 rings (SSSR count). The maximum absolute atomic E-state index is 11.9. The van der Waals surface area contributed by atoms with Crippen LogP contribution in [0.2, 0.25) is 0 Å². The van der Waals surface area contributed by atoms with Crippen LogP contribution in [0, 0.1) is 6.92 Å². The van der Waals surface area contributed by atoms with E-state index < -0.39 is 6.10 Å². The highest BCUT2D eigenvalue weighted by molar-refractivity contribution is 5.84. The van der Waals surface area contributed by atoms with Gasteiger partial charge in [0.05, 0.1) is 6.21 Å². The van der Waals surface area contributed by atoms with Gasteiger partial charge in [0.1, 0.15) is 5.75 Å². The first-order valence-electron chi connectivity index (χ1n) is 6.61. The highest BCUT2D eigenvalue weighted by Gasteiger charge is 2.13. The van der Waals surface area contributed by atoms with Gasteiger partial charge in [0.2, 0.25) is 0 Å². The summed E-state index contributed by atoms with van der Waals surface area (Å²) in [4.78, 5) is 15.8. The molecule has 0 saturated carbocycles. The Kier molecular flexibility index (Phi) is 5.04. The average Bonchev–Trinajstić information content (AvgIpc) is 2.48. The van der Waals surface area contributed by atoms with E-state index in [9.17, 15) is 4.79 Å². The number of amides is 1. The molecule has 1 amide bonds. The Morgan fingerprint density at radius 1 is 1.33 bits per heavy atom. The summed E-state index contributed by atoms with van der Waals surface area (Å²) < 4.78 is 5.56. The SMILES string of the molecule is Cc1cccc(O[C@H](C)C(=O)N/N=C/c2ccncc2)c1. The molecule has 0 unspecified atom stereocenters. The number of nitrogens with one attached hydrogen (secondary N) is 1. The minimum atomic E-state index is -0.624. The van der Waals surface area contributed by atoms with Gasteiger partial charge in [-0.15, -0.1) is 0 Å². The number of hydrazone groups is 1. The zero-order valence-electron chi connectivity index (χ0n) is 12.0. The molecule has 0 aliphatic rings. The second kappa shape index (κ2) is 7.19. The summed E-state index contributed by atoms with van der Waals surface area (Å²) >= 11 is 0. The molecule has 2 aromatic rings. The lowest BCUT2D eigenvalue weighted by Crippen LogP contribution is -2.33. The lowest BCUT2D eigenvalue weighted by atomic mass is 10.2. The number of hydrogen-bond acceptors (Lipinski definition) is 4. The zero-order chi connectivity index (χ0) is 15.1. The van der Waals surface area contributed by atoms with Crippen LogP contribution in [-0.2, 0) is 4.79 Å². The van der Waals surface area contributed by atoms with Gasteiger partial charge >= 0.3 is 0 Å². The van der Waals surface area contributed by atoms with Gasteiger partial charge in [-0.1, -0.05) is 12.1 Å². The van der Waals surface area contributed by atoms with Gasteiger partial charge in [-0.05, 0) is 49.2 Å². The predicted molar refractivity (Wildman–Crippen MR) is 81.2 cm³/mol. The molecular formula is C16H17N3O2. The van der Waals surface area contributed by atoms with Crippen LogP contribution in [-0.4, -0.2) is 23.2 Å². The maximum atomic E-state index is 11.9. The smallest absolute Gasteiger partial charge is 0.280 e. The third-order valence-corrected chi connectivity index (χ3v) is 2.77. The van der Waals surface area contributed by atoms with E-state index in [1.165, 1.54) is 0 Å². The topological polar surface area (TPSA) is 63.6 Å². The second-order valence-corrected chi connectivity index (χ2v) is 4.59. The summed E-state index contributed by atoms with van der Waals surface area (Å²) in [6, 6.07) is 11.1. The van der Waals surface area contributed by atoms with Crippen molar-refractivity contribution >= 4 is 12.1 Å². The van der Waals surface area contributed by atoms with Crippen LogP contribution in [0.5, 0.6) is 5.75 Å². The van der Waals surface area contributed by atoms with Crippen molar-refractivity contribution in [1.82, 2.24) is 10.4 Å². The number of carbonyl (C=O) groups excluding carboxylic acids is 1. The minimum absolute atomic E-state index is 0.304. The van der Waals surface area contributed by atoms with Crippen LogP contribution >= 0.6 is 0 Å². The van der Waals surface area contributed by atoms with Gasteiger partial charge in [0, 0.05) is 12.4 Å². The van der Waals surface area contributed by atoms with E-state index in [1.807, 2.05) is 31.2 Å².